The van der Waals surface area contributed by atoms with Crippen molar-refractivity contribution in [3.8, 4) is 0 Å². The maximum Gasteiger partial charge on any atom is 0.340 e. The lowest BCUT2D eigenvalue weighted by Gasteiger charge is -2.12. The van der Waals surface area contributed by atoms with E-state index in [0.717, 1.165) is 21.9 Å². The summed E-state index contributed by atoms with van der Waals surface area (Å²) in [5, 5.41) is 5.34. The summed E-state index contributed by atoms with van der Waals surface area (Å²) >= 11 is 0. The van der Waals surface area contributed by atoms with Crippen molar-refractivity contribution in [2.24, 2.45) is 0 Å². The Kier molecular flexibility index (Phi) is 4.19. The van der Waals surface area contributed by atoms with Crippen molar-refractivity contribution in [2.75, 3.05) is 5.75 Å². The fraction of sp³-hybridized carbons (Fsp3) is 0.300. The van der Waals surface area contributed by atoms with Gasteiger partial charge in [-0.25, -0.2) is 13.2 Å². The van der Waals surface area contributed by atoms with Crippen molar-refractivity contribution in [3.05, 3.63) is 56.5 Å². The van der Waals surface area contributed by atoms with Gasteiger partial charge in [-0.3, -0.25) is 4.79 Å². The zero-order valence-electron chi connectivity index (χ0n) is 15.7. The molecular formula is C20H19NO6S. The van der Waals surface area contributed by atoms with E-state index in [1.165, 1.54) is 6.08 Å². The molecule has 0 saturated heterocycles. The van der Waals surface area contributed by atoms with Crippen LogP contribution in [-0.4, -0.2) is 26.1 Å². The second kappa shape index (κ2) is 6.34. The van der Waals surface area contributed by atoms with Gasteiger partial charge >= 0.3 is 5.63 Å². The molecule has 0 fully saturated rings. The van der Waals surface area contributed by atoms with Gasteiger partial charge in [-0.15, -0.1) is 0 Å². The number of benzene rings is 1. The number of hydrogen-bond acceptors (Lipinski definition) is 6. The summed E-state index contributed by atoms with van der Waals surface area (Å²) in [6.07, 6.45) is 2.88. The van der Waals surface area contributed by atoms with Gasteiger partial charge in [0.2, 0.25) is 5.91 Å². The van der Waals surface area contributed by atoms with Gasteiger partial charge in [-0.2, -0.15) is 0 Å². The van der Waals surface area contributed by atoms with Crippen molar-refractivity contribution < 1.29 is 22.0 Å². The average Bonchev–Trinajstić information content (AvgIpc) is 3.14. The lowest BCUT2D eigenvalue weighted by Crippen LogP contribution is -2.37. The smallest absolute Gasteiger partial charge is 0.340 e. The van der Waals surface area contributed by atoms with Gasteiger partial charge in [-0.1, -0.05) is 0 Å². The molecule has 1 aliphatic heterocycles. The molecule has 28 heavy (non-hydrogen) atoms. The molecule has 2 aromatic heterocycles. The molecule has 146 valence electrons. The van der Waals surface area contributed by atoms with Crippen molar-refractivity contribution in [1.29, 1.82) is 0 Å². The summed E-state index contributed by atoms with van der Waals surface area (Å²) in [4.78, 5) is 24.9. The Morgan fingerprint density at radius 1 is 1.21 bits per heavy atom. The van der Waals surface area contributed by atoms with E-state index in [0.29, 0.717) is 22.1 Å². The molecule has 8 heteroatoms. The Balaban J connectivity index is 1.74. The highest BCUT2D eigenvalue weighted by atomic mass is 32.2. The summed E-state index contributed by atoms with van der Waals surface area (Å²) in [5.41, 5.74) is 3.22. The van der Waals surface area contributed by atoms with Crippen LogP contribution >= 0.6 is 0 Å². The van der Waals surface area contributed by atoms with E-state index in [-0.39, 0.29) is 17.7 Å². The molecule has 1 atom stereocenters. The maximum absolute atomic E-state index is 12.5. The normalized spacial score (nSPS) is 18.2. The van der Waals surface area contributed by atoms with Crippen molar-refractivity contribution in [2.45, 2.75) is 33.2 Å². The fourth-order valence-corrected chi connectivity index (χ4v) is 5.00. The number of aryl methyl sites for hydroxylation is 3. The van der Waals surface area contributed by atoms with Gasteiger partial charge in [0, 0.05) is 10.8 Å². The number of carbonyl (C=O) groups is 1. The summed E-state index contributed by atoms with van der Waals surface area (Å²) < 4.78 is 34.1. The van der Waals surface area contributed by atoms with Gasteiger partial charge in [-0.05, 0) is 49.6 Å². The van der Waals surface area contributed by atoms with E-state index in [1.54, 1.807) is 19.3 Å². The van der Waals surface area contributed by atoms with E-state index in [1.807, 2.05) is 13.8 Å². The van der Waals surface area contributed by atoms with Crippen LogP contribution in [0.1, 0.15) is 22.3 Å². The van der Waals surface area contributed by atoms with E-state index in [9.17, 15) is 18.0 Å². The highest BCUT2D eigenvalue weighted by molar-refractivity contribution is 7.94. The minimum atomic E-state index is -3.27. The number of carbonyl (C=O) groups excluding carboxylic acids is 1. The molecule has 0 bridgehead atoms. The van der Waals surface area contributed by atoms with Gasteiger partial charge in [0.25, 0.3) is 0 Å². The van der Waals surface area contributed by atoms with Crippen LogP contribution in [0.3, 0.4) is 0 Å². The Morgan fingerprint density at radius 2 is 1.96 bits per heavy atom. The third-order valence-electron chi connectivity index (χ3n) is 5.08. The third kappa shape index (κ3) is 3.03. The summed E-state index contributed by atoms with van der Waals surface area (Å²) in [5.74, 6) is -0.615. The number of amides is 1. The minimum absolute atomic E-state index is 0.171. The second-order valence-electron chi connectivity index (χ2n) is 7.19. The number of rotatable bonds is 3. The largest absolute Gasteiger partial charge is 0.463 e. The number of sulfone groups is 1. The molecule has 1 amide bonds. The molecule has 1 N–H and O–H groups in total. The van der Waals surface area contributed by atoms with Gasteiger partial charge in [0.05, 0.1) is 35.4 Å². The summed E-state index contributed by atoms with van der Waals surface area (Å²) in [7, 11) is -3.27. The van der Waals surface area contributed by atoms with Crippen molar-refractivity contribution in [3.63, 3.8) is 0 Å². The maximum atomic E-state index is 12.5. The number of hydrogen-bond donors (Lipinski definition) is 1. The highest BCUT2D eigenvalue weighted by Gasteiger charge is 2.25. The van der Waals surface area contributed by atoms with Crippen LogP contribution in [-0.2, 0) is 21.1 Å². The second-order valence-corrected chi connectivity index (χ2v) is 9.12. The standard InChI is InChI=1S/C20H19NO6S/c1-10-6-15-18(19-17(10)11(2)8-26-19)12(3)14(20(23)27-15)7-16(22)21-13-4-5-28(24,25)9-13/h4-6,8,13H,7,9H2,1-3H3,(H,21,22)/t13-/m1/s1. The zero-order valence-corrected chi connectivity index (χ0v) is 16.5. The Morgan fingerprint density at radius 3 is 2.64 bits per heavy atom. The molecule has 1 aromatic carbocycles. The monoisotopic (exact) mass is 401 g/mol. The first-order chi connectivity index (χ1) is 13.2. The Labute approximate surface area is 160 Å². The molecule has 0 unspecified atom stereocenters. The van der Waals surface area contributed by atoms with Crippen molar-refractivity contribution in [1.82, 2.24) is 5.32 Å². The Bertz CT molecular complexity index is 1330. The first kappa shape index (κ1) is 18.5. The number of nitrogens with one attached hydrogen (secondary N) is 1. The first-order valence-corrected chi connectivity index (χ1v) is 10.5. The molecule has 0 radical (unpaired) electrons. The minimum Gasteiger partial charge on any atom is -0.463 e. The third-order valence-corrected chi connectivity index (χ3v) is 6.48. The lowest BCUT2D eigenvalue weighted by atomic mass is 9.98. The van der Waals surface area contributed by atoms with Gasteiger partial charge in [0.15, 0.2) is 9.84 Å². The Hall–Kier alpha value is -2.87. The van der Waals surface area contributed by atoms with Crippen LogP contribution in [0, 0.1) is 20.8 Å². The van der Waals surface area contributed by atoms with Crippen molar-refractivity contribution >= 4 is 37.7 Å². The quantitative estimate of drug-likeness (QED) is 0.676. The number of furan rings is 1. The topological polar surface area (TPSA) is 107 Å². The lowest BCUT2D eigenvalue weighted by molar-refractivity contribution is -0.120. The van der Waals surface area contributed by atoms with Crippen LogP contribution in [0.4, 0.5) is 0 Å². The highest BCUT2D eigenvalue weighted by Crippen LogP contribution is 2.34. The van der Waals surface area contributed by atoms with Gasteiger partial charge in [0.1, 0.15) is 11.2 Å². The fourth-order valence-electron chi connectivity index (χ4n) is 3.76. The van der Waals surface area contributed by atoms with E-state index < -0.39 is 27.4 Å². The summed E-state index contributed by atoms with van der Waals surface area (Å²) in [6.45, 7) is 5.62. The van der Waals surface area contributed by atoms with E-state index in [2.05, 4.69) is 5.32 Å². The molecule has 3 heterocycles. The molecule has 1 aliphatic rings. The molecule has 0 spiro atoms. The van der Waals surface area contributed by atoms with Crippen LogP contribution in [0.5, 0.6) is 0 Å². The van der Waals surface area contributed by atoms with Crippen LogP contribution in [0.2, 0.25) is 0 Å². The number of fused-ring (bicyclic) bond motifs is 3. The zero-order chi connectivity index (χ0) is 20.2. The molecular weight excluding hydrogens is 382 g/mol. The molecule has 7 nitrogen and oxygen atoms in total. The van der Waals surface area contributed by atoms with Crippen LogP contribution in [0.25, 0.3) is 21.9 Å². The van der Waals surface area contributed by atoms with Gasteiger partial charge < -0.3 is 14.2 Å². The molecule has 0 saturated carbocycles. The SMILES string of the molecule is Cc1coc2c1c(C)cc1oc(=O)c(CC(=O)N[C@@H]3C=CS(=O)(=O)C3)c(C)c12. The predicted octanol–water partition coefficient (Wildman–Crippen LogP) is 2.43. The van der Waals surface area contributed by atoms with Crippen LogP contribution < -0.4 is 10.9 Å². The summed E-state index contributed by atoms with van der Waals surface area (Å²) in [6, 6.07) is 1.21. The molecule has 4 rings (SSSR count). The van der Waals surface area contributed by atoms with E-state index in [4.69, 9.17) is 8.83 Å². The van der Waals surface area contributed by atoms with Crippen LogP contribution in [0.15, 0.2) is 37.4 Å². The van der Waals surface area contributed by atoms with E-state index >= 15 is 0 Å². The molecule has 3 aromatic rings. The predicted molar refractivity (Wildman–Crippen MR) is 105 cm³/mol. The molecule has 0 aliphatic carbocycles. The first-order valence-electron chi connectivity index (χ1n) is 8.80. The average molecular weight is 401 g/mol.